The summed E-state index contributed by atoms with van der Waals surface area (Å²) in [5, 5.41) is 0. The summed E-state index contributed by atoms with van der Waals surface area (Å²) in [5.74, 6) is 2.35. The molecule has 0 nitrogen and oxygen atoms in total. The smallest absolute Gasteiger partial charge is 0.103 e. The van der Waals surface area contributed by atoms with Crippen molar-refractivity contribution in [1.82, 2.24) is 0 Å². The van der Waals surface area contributed by atoms with Gasteiger partial charge in [0.1, 0.15) is 6.17 Å². The average Bonchev–Trinajstić information content (AvgIpc) is 2.21. The molecule has 0 bridgehead atoms. The molecule has 96 valence electrons. The van der Waals surface area contributed by atoms with E-state index in [-0.39, 0.29) is 0 Å². The van der Waals surface area contributed by atoms with Crippen LogP contribution < -0.4 is 0 Å². The number of hydrogen-bond donors (Lipinski definition) is 0. The first kappa shape index (κ1) is 14.0. The van der Waals surface area contributed by atoms with E-state index in [1.54, 1.807) is 0 Å². The Morgan fingerprint density at radius 2 is 1.69 bits per heavy atom. The van der Waals surface area contributed by atoms with E-state index in [9.17, 15) is 4.39 Å². The molecule has 0 heterocycles. The molecule has 1 fully saturated rings. The highest BCUT2D eigenvalue weighted by Crippen LogP contribution is 2.38. The van der Waals surface area contributed by atoms with E-state index < -0.39 is 6.17 Å². The first-order valence-electron chi connectivity index (χ1n) is 7.18. The van der Waals surface area contributed by atoms with Crippen molar-refractivity contribution in [2.24, 2.45) is 23.7 Å². The summed E-state index contributed by atoms with van der Waals surface area (Å²) in [5.41, 5.74) is 0. The van der Waals surface area contributed by atoms with Gasteiger partial charge in [0.25, 0.3) is 0 Å². The molecule has 0 aliphatic heterocycles. The summed E-state index contributed by atoms with van der Waals surface area (Å²) < 4.78 is 14.2. The van der Waals surface area contributed by atoms with Crippen LogP contribution in [0.15, 0.2) is 0 Å². The highest BCUT2D eigenvalue weighted by molar-refractivity contribution is 4.81. The fraction of sp³-hybridized carbons (Fsp3) is 1.00. The molecule has 1 aliphatic rings. The van der Waals surface area contributed by atoms with Gasteiger partial charge in [0, 0.05) is 0 Å². The Labute approximate surface area is 101 Å². The molecule has 0 aromatic heterocycles. The van der Waals surface area contributed by atoms with E-state index in [0.717, 1.165) is 18.8 Å². The van der Waals surface area contributed by atoms with Gasteiger partial charge in [-0.15, -0.1) is 0 Å². The molecule has 0 aromatic rings. The van der Waals surface area contributed by atoms with E-state index in [2.05, 4.69) is 27.7 Å². The van der Waals surface area contributed by atoms with Crippen molar-refractivity contribution >= 4 is 0 Å². The van der Waals surface area contributed by atoms with Gasteiger partial charge in [0.15, 0.2) is 0 Å². The molecule has 0 N–H and O–H groups in total. The standard InChI is InChI=1S/C15H29F/c1-5-14(15(16)10-11(2)3)13-8-6-12(4)7-9-13/h11-15H,5-10H2,1-4H3. The summed E-state index contributed by atoms with van der Waals surface area (Å²) in [6, 6.07) is 0. The van der Waals surface area contributed by atoms with Gasteiger partial charge in [-0.05, 0) is 42.9 Å². The normalized spacial score (nSPS) is 30.4. The molecule has 0 radical (unpaired) electrons. The van der Waals surface area contributed by atoms with Crippen LogP contribution in [0.25, 0.3) is 0 Å². The van der Waals surface area contributed by atoms with Gasteiger partial charge in [0.2, 0.25) is 0 Å². The second-order valence-electron chi connectivity index (χ2n) is 6.24. The van der Waals surface area contributed by atoms with E-state index in [0.29, 0.717) is 17.8 Å². The van der Waals surface area contributed by atoms with Gasteiger partial charge in [0.05, 0.1) is 0 Å². The Balaban J connectivity index is 2.46. The van der Waals surface area contributed by atoms with Crippen molar-refractivity contribution in [2.75, 3.05) is 0 Å². The zero-order valence-corrected chi connectivity index (χ0v) is 11.5. The van der Waals surface area contributed by atoms with E-state index in [1.807, 2.05) is 0 Å². The summed E-state index contributed by atoms with van der Waals surface area (Å²) in [4.78, 5) is 0. The minimum absolute atomic E-state index is 0.329. The van der Waals surface area contributed by atoms with Crippen molar-refractivity contribution in [3.63, 3.8) is 0 Å². The lowest BCUT2D eigenvalue weighted by Crippen LogP contribution is -2.28. The predicted octanol–water partition coefficient (Wildman–Crippen LogP) is 5.22. The lowest BCUT2D eigenvalue weighted by molar-refractivity contribution is 0.103. The molecule has 1 saturated carbocycles. The van der Waals surface area contributed by atoms with Gasteiger partial charge in [-0.25, -0.2) is 4.39 Å². The van der Waals surface area contributed by atoms with Gasteiger partial charge >= 0.3 is 0 Å². The Bertz CT molecular complexity index is 180. The number of rotatable bonds is 5. The van der Waals surface area contributed by atoms with Crippen LogP contribution in [0.3, 0.4) is 0 Å². The van der Waals surface area contributed by atoms with Crippen LogP contribution >= 0.6 is 0 Å². The molecule has 1 aliphatic carbocycles. The molecule has 2 atom stereocenters. The first-order valence-corrected chi connectivity index (χ1v) is 7.18. The summed E-state index contributed by atoms with van der Waals surface area (Å²) in [7, 11) is 0. The van der Waals surface area contributed by atoms with E-state index >= 15 is 0 Å². The molecule has 0 aromatic carbocycles. The Kier molecular flexibility index (Phi) is 5.78. The molecule has 0 saturated heterocycles. The minimum Gasteiger partial charge on any atom is -0.247 e. The third-order valence-electron chi connectivity index (χ3n) is 4.30. The SMILES string of the molecule is CCC(C(F)CC(C)C)C1CCC(C)CC1. The molecule has 0 amide bonds. The van der Waals surface area contributed by atoms with Crippen LogP contribution in [0.2, 0.25) is 0 Å². The van der Waals surface area contributed by atoms with Crippen molar-refractivity contribution in [3.8, 4) is 0 Å². The average molecular weight is 228 g/mol. The lowest BCUT2D eigenvalue weighted by Gasteiger charge is -2.34. The largest absolute Gasteiger partial charge is 0.247 e. The van der Waals surface area contributed by atoms with Crippen molar-refractivity contribution in [3.05, 3.63) is 0 Å². The van der Waals surface area contributed by atoms with Crippen LogP contribution in [-0.2, 0) is 0 Å². The molecule has 0 spiro atoms. The topological polar surface area (TPSA) is 0 Å². The molecular weight excluding hydrogens is 199 g/mol. The van der Waals surface area contributed by atoms with Gasteiger partial charge in [-0.3, -0.25) is 0 Å². The quantitative estimate of drug-likeness (QED) is 0.605. The molecule has 2 unspecified atom stereocenters. The number of alkyl halides is 1. The van der Waals surface area contributed by atoms with Gasteiger partial charge in [-0.1, -0.05) is 47.0 Å². The molecule has 1 rings (SSSR count). The van der Waals surface area contributed by atoms with Gasteiger partial charge in [-0.2, -0.15) is 0 Å². The van der Waals surface area contributed by atoms with Crippen LogP contribution in [0.4, 0.5) is 4.39 Å². The van der Waals surface area contributed by atoms with Crippen molar-refractivity contribution < 1.29 is 4.39 Å². The maximum atomic E-state index is 14.2. The maximum absolute atomic E-state index is 14.2. The third kappa shape index (κ3) is 4.07. The first-order chi connectivity index (χ1) is 7.54. The molecule has 16 heavy (non-hydrogen) atoms. The third-order valence-corrected chi connectivity index (χ3v) is 4.30. The summed E-state index contributed by atoms with van der Waals surface area (Å²) in [6.07, 6.45) is 6.36. The van der Waals surface area contributed by atoms with E-state index in [4.69, 9.17) is 0 Å². The fourth-order valence-electron chi connectivity index (χ4n) is 3.22. The van der Waals surface area contributed by atoms with Crippen LogP contribution in [0.1, 0.15) is 66.2 Å². The van der Waals surface area contributed by atoms with Crippen LogP contribution in [0.5, 0.6) is 0 Å². The summed E-state index contributed by atoms with van der Waals surface area (Å²) >= 11 is 0. The second kappa shape index (κ2) is 6.61. The van der Waals surface area contributed by atoms with Crippen molar-refractivity contribution in [1.29, 1.82) is 0 Å². The highest BCUT2D eigenvalue weighted by Gasteiger charge is 2.30. The highest BCUT2D eigenvalue weighted by atomic mass is 19.1. The van der Waals surface area contributed by atoms with E-state index in [1.165, 1.54) is 25.7 Å². The van der Waals surface area contributed by atoms with Crippen molar-refractivity contribution in [2.45, 2.75) is 72.4 Å². The fourth-order valence-corrected chi connectivity index (χ4v) is 3.22. The Morgan fingerprint density at radius 1 is 1.12 bits per heavy atom. The monoisotopic (exact) mass is 228 g/mol. The van der Waals surface area contributed by atoms with Crippen LogP contribution in [0, 0.1) is 23.7 Å². The minimum atomic E-state index is -0.566. The predicted molar refractivity (Wildman–Crippen MR) is 69.3 cm³/mol. The number of halogens is 1. The number of hydrogen-bond acceptors (Lipinski definition) is 0. The van der Waals surface area contributed by atoms with Gasteiger partial charge < -0.3 is 0 Å². The summed E-state index contributed by atoms with van der Waals surface area (Å²) in [6.45, 7) is 8.75. The molecule has 1 heteroatoms. The zero-order chi connectivity index (χ0) is 12.1. The Morgan fingerprint density at radius 3 is 2.12 bits per heavy atom. The second-order valence-corrected chi connectivity index (χ2v) is 6.24. The lowest BCUT2D eigenvalue weighted by atomic mass is 9.73. The zero-order valence-electron chi connectivity index (χ0n) is 11.5. The van der Waals surface area contributed by atoms with Crippen LogP contribution in [-0.4, -0.2) is 6.17 Å². The maximum Gasteiger partial charge on any atom is 0.103 e. The Hall–Kier alpha value is -0.0700. The molecular formula is C15H29F.